The van der Waals surface area contributed by atoms with Crippen LogP contribution in [-0.4, -0.2) is 29.5 Å². The van der Waals surface area contributed by atoms with Crippen molar-refractivity contribution < 1.29 is 13.2 Å². The number of benzene rings is 2. The average Bonchev–Trinajstić information content (AvgIpc) is 3.08. The Morgan fingerprint density at radius 1 is 1.10 bits per heavy atom. The van der Waals surface area contributed by atoms with E-state index in [4.69, 9.17) is 5.14 Å². The van der Waals surface area contributed by atoms with Crippen molar-refractivity contribution in [3.8, 4) is 0 Å². The van der Waals surface area contributed by atoms with Gasteiger partial charge >= 0.3 is 0 Å². The molecule has 29 heavy (non-hydrogen) atoms. The fraction of sp³-hybridized carbons (Fsp3) is 0.105. The van der Waals surface area contributed by atoms with Gasteiger partial charge in [0.25, 0.3) is 0 Å². The Morgan fingerprint density at radius 3 is 2.69 bits per heavy atom. The van der Waals surface area contributed by atoms with Gasteiger partial charge in [-0.25, -0.2) is 23.5 Å². The third-order valence-corrected chi connectivity index (χ3v) is 7.04. The van der Waals surface area contributed by atoms with Crippen molar-refractivity contribution in [3.63, 3.8) is 0 Å². The summed E-state index contributed by atoms with van der Waals surface area (Å²) in [6.45, 7) is 1.79. The van der Waals surface area contributed by atoms with Crippen LogP contribution in [0, 0.1) is 0 Å². The lowest BCUT2D eigenvalue weighted by Gasteiger charge is -2.10. The largest absolute Gasteiger partial charge is 0.301 e. The van der Waals surface area contributed by atoms with Crippen LogP contribution in [0.2, 0.25) is 0 Å². The number of amides is 1. The molecule has 0 radical (unpaired) electrons. The number of nitrogens with one attached hydrogen (secondary N) is 1. The number of pyridine rings is 1. The predicted octanol–water partition coefficient (Wildman–Crippen LogP) is 3.61. The van der Waals surface area contributed by atoms with Gasteiger partial charge in [0.1, 0.15) is 0 Å². The number of para-hydroxylation sites is 1. The number of thiazole rings is 1. The smallest absolute Gasteiger partial charge is 0.239 e. The van der Waals surface area contributed by atoms with E-state index in [1.54, 1.807) is 13.0 Å². The molecular weight excluding hydrogens is 428 g/mol. The van der Waals surface area contributed by atoms with Crippen molar-refractivity contribution in [1.82, 2.24) is 9.97 Å². The molecule has 2 aromatic heterocycles. The summed E-state index contributed by atoms with van der Waals surface area (Å²) in [5, 5.41) is 9.75. The number of nitrogens with two attached hydrogens (primary N) is 1. The van der Waals surface area contributed by atoms with Crippen molar-refractivity contribution in [2.45, 2.75) is 22.1 Å². The first-order valence-electron chi connectivity index (χ1n) is 8.56. The predicted molar refractivity (Wildman–Crippen MR) is 117 cm³/mol. The van der Waals surface area contributed by atoms with Gasteiger partial charge in [-0.05, 0) is 37.3 Å². The highest BCUT2D eigenvalue weighted by atomic mass is 32.2. The number of thioether (sulfide) groups is 1. The molecule has 1 unspecified atom stereocenters. The molecule has 148 valence electrons. The Kier molecular flexibility index (Phi) is 5.26. The van der Waals surface area contributed by atoms with Crippen molar-refractivity contribution in [2.24, 2.45) is 5.14 Å². The van der Waals surface area contributed by atoms with Crippen molar-refractivity contribution in [3.05, 3.63) is 54.6 Å². The normalized spacial score (nSPS) is 12.9. The summed E-state index contributed by atoms with van der Waals surface area (Å²) >= 11 is 2.55. The van der Waals surface area contributed by atoms with Crippen LogP contribution in [0.25, 0.3) is 21.1 Å². The molecule has 7 nitrogen and oxygen atoms in total. The molecule has 0 aliphatic rings. The molecule has 1 atom stereocenters. The minimum Gasteiger partial charge on any atom is -0.301 e. The first kappa shape index (κ1) is 19.8. The first-order valence-corrected chi connectivity index (χ1v) is 11.8. The van der Waals surface area contributed by atoms with E-state index in [0.717, 1.165) is 15.9 Å². The van der Waals surface area contributed by atoms with Crippen LogP contribution in [0.4, 0.5) is 5.13 Å². The zero-order valence-electron chi connectivity index (χ0n) is 15.2. The van der Waals surface area contributed by atoms with Crippen molar-refractivity contribution >= 4 is 65.3 Å². The Bertz CT molecular complexity index is 1340. The standard InChI is InChI=1S/C19H16N4O3S3/c1-11(27-17-9-6-12-4-2-3-5-14(12)21-17)18(24)23-19-22-15-8-7-13(29(20,25)26)10-16(15)28-19/h2-11H,1H3,(H2,20,25,26)(H,22,23,24). The van der Waals surface area contributed by atoms with Crippen LogP contribution in [0.15, 0.2) is 64.5 Å². The molecule has 10 heteroatoms. The topological polar surface area (TPSA) is 115 Å². The Morgan fingerprint density at radius 2 is 1.90 bits per heavy atom. The summed E-state index contributed by atoms with van der Waals surface area (Å²) < 4.78 is 23.6. The lowest BCUT2D eigenvalue weighted by molar-refractivity contribution is -0.115. The summed E-state index contributed by atoms with van der Waals surface area (Å²) in [4.78, 5) is 21.5. The monoisotopic (exact) mass is 444 g/mol. The Labute approximate surface area is 175 Å². The second-order valence-corrected chi connectivity index (χ2v) is 10.2. The summed E-state index contributed by atoms with van der Waals surface area (Å²) in [5.41, 5.74) is 1.47. The van der Waals surface area contributed by atoms with Gasteiger partial charge in [0, 0.05) is 5.39 Å². The molecule has 2 aromatic carbocycles. The molecule has 2 heterocycles. The maximum Gasteiger partial charge on any atom is 0.239 e. The molecule has 0 fully saturated rings. The van der Waals surface area contributed by atoms with E-state index in [1.807, 2.05) is 36.4 Å². The van der Waals surface area contributed by atoms with Gasteiger partial charge in [-0.15, -0.1) is 0 Å². The summed E-state index contributed by atoms with van der Waals surface area (Å²) in [7, 11) is -3.79. The van der Waals surface area contributed by atoms with E-state index in [0.29, 0.717) is 15.3 Å². The Hall–Kier alpha value is -2.53. The minimum absolute atomic E-state index is 0.0119. The molecule has 0 aliphatic heterocycles. The van der Waals surface area contributed by atoms with E-state index in [-0.39, 0.29) is 10.8 Å². The number of aromatic nitrogens is 2. The van der Waals surface area contributed by atoms with E-state index in [9.17, 15) is 13.2 Å². The summed E-state index contributed by atoms with van der Waals surface area (Å²) in [6.07, 6.45) is 0. The fourth-order valence-corrected chi connectivity index (χ4v) is 5.04. The van der Waals surface area contributed by atoms with Gasteiger partial charge in [0.15, 0.2) is 5.13 Å². The maximum absolute atomic E-state index is 12.6. The molecule has 0 spiro atoms. The molecule has 0 bridgehead atoms. The molecule has 3 N–H and O–H groups in total. The lowest BCUT2D eigenvalue weighted by Crippen LogP contribution is -2.22. The highest BCUT2D eigenvalue weighted by molar-refractivity contribution is 8.00. The second kappa shape index (κ2) is 7.71. The number of fused-ring (bicyclic) bond motifs is 2. The average molecular weight is 445 g/mol. The number of hydrogen-bond donors (Lipinski definition) is 2. The third kappa shape index (κ3) is 4.40. The quantitative estimate of drug-likeness (QED) is 0.454. The molecule has 4 rings (SSSR count). The van der Waals surface area contributed by atoms with E-state index in [1.165, 1.54) is 35.2 Å². The number of anilines is 1. The van der Waals surface area contributed by atoms with Gasteiger partial charge in [-0.2, -0.15) is 0 Å². The minimum atomic E-state index is -3.79. The molecule has 0 aliphatic carbocycles. The van der Waals surface area contributed by atoms with Crippen LogP contribution < -0.4 is 10.5 Å². The highest BCUT2D eigenvalue weighted by Crippen LogP contribution is 2.29. The van der Waals surface area contributed by atoms with Gasteiger partial charge in [-0.1, -0.05) is 47.4 Å². The second-order valence-electron chi connectivity index (χ2n) is 6.29. The Balaban J connectivity index is 1.49. The zero-order valence-corrected chi connectivity index (χ0v) is 17.6. The number of sulfonamides is 1. The van der Waals surface area contributed by atoms with Crippen LogP contribution in [0.5, 0.6) is 0 Å². The van der Waals surface area contributed by atoms with Crippen LogP contribution in [-0.2, 0) is 14.8 Å². The SMILES string of the molecule is CC(Sc1ccc2ccccc2n1)C(=O)Nc1nc2ccc(S(N)(=O)=O)cc2s1. The van der Waals surface area contributed by atoms with Gasteiger partial charge in [0.05, 0.1) is 30.9 Å². The van der Waals surface area contributed by atoms with Gasteiger partial charge < -0.3 is 5.32 Å². The van der Waals surface area contributed by atoms with Crippen molar-refractivity contribution in [1.29, 1.82) is 0 Å². The fourth-order valence-electron chi connectivity index (χ4n) is 2.69. The number of hydrogen-bond acceptors (Lipinski definition) is 7. The molecule has 0 saturated heterocycles. The van der Waals surface area contributed by atoms with Gasteiger partial charge in [-0.3, -0.25) is 4.79 Å². The van der Waals surface area contributed by atoms with E-state index < -0.39 is 15.3 Å². The van der Waals surface area contributed by atoms with Gasteiger partial charge in [0.2, 0.25) is 15.9 Å². The number of primary sulfonamides is 1. The summed E-state index contributed by atoms with van der Waals surface area (Å²) in [5.74, 6) is -0.212. The number of nitrogens with zero attached hydrogens (tertiary/aromatic N) is 2. The number of carbonyl (C=O) groups excluding carboxylic acids is 1. The number of rotatable bonds is 5. The third-order valence-electron chi connectivity index (χ3n) is 4.16. The highest BCUT2D eigenvalue weighted by Gasteiger charge is 2.18. The van der Waals surface area contributed by atoms with Crippen LogP contribution in [0.3, 0.4) is 0 Å². The molecule has 4 aromatic rings. The van der Waals surface area contributed by atoms with Crippen molar-refractivity contribution in [2.75, 3.05) is 5.32 Å². The zero-order chi connectivity index (χ0) is 20.6. The molecule has 0 saturated carbocycles. The summed E-state index contributed by atoms with van der Waals surface area (Å²) in [6, 6.07) is 16.1. The van der Waals surface area contributed by atoms with Crippen LogP contribution in [0.1, 0.15) is 6.92 Å². The lowest BCUT2D eigenvalue weighted by atomic mass is 10.2. The molecule has 1 amide bonds. The van der Waals surface area contributed by atoms with E-state index in [2.05, 4.69) is 15.3 Å². The number of carbonyl (C=O) groups is 1. The van der Waals surface area contributed by atoms with E-state index >= 15 is 0 Å². The first-order chi connectivity index (χ1) is 13.8. The molecular formula is C19H16N4O3S3. The maximum atomic E-state index is 12.6. The van der Waals surface area contributed by atoms with Crippen LogP contribution >= 0.6 is 23.1 Å².